The molecule has 0 spiro atoms. The molecule has 0 radical (unpaired) electrons. The Labute approximate surface area is 250 Å². The molecule has 3 aromatic rings. The number of ether oxygens (including phenoxy) is 2. The Morgan fingerprint density at radius 1 is 0.976 bits per heavy atom. The van der Waals surface area contributed by atoms with E-state index in [-0.39, 0.29) is 29.1 Å². The highest BCUT2D eigenvalue weighted by molar-refractivity contribution is 6.70. The molecule has 3 heterocycles. The summed E-state index contributed by atoms with van der Waals surface area (Å²) < 4.78 is 33.4. The normalized spacial score (nSPS) is 21.6. The lowest BCUT2D eigenvalue weighted by Gasteiger charge is -2.34. The third kappa shape index (κ3) is 7.83. The van der Waals surface area contributed by atoms with Crippen molar-refractivity contribution in [3.8, 4) is 11.6 Å². The molecule has 15 heteroatoms. The maximum Gasteiger partial charge on any atom is 0.261 e. The summed E-state index contributed by atoms with van der Waals surface area (Å²) in [5.74, 6) is -0.548. The van der Waals surface area contributed by atoms with Gasteiger partial charge in [0.2, 0.25) is 11.8 Å². The summed E-state index contributed by atoms with van der Waals surface area (Å²) in [6, 6.07) is 6.81. The van der Waals surface area contributed by atoms with Gasteiger partial charge in [-0.05, 0) is 71.1 Å². The number of carbonyl (C=O) groups excluding carboxylic acids is 1. The maximum atomic E-state index is 13.1. The molecule has 4 rings (SSSR count). The number of amides is 1. The number of fused-ring (bicyclic) bond motifs is 1. The number of methoxy groups -OCH3 is 1. The van der Waals surface area contributed by atoms with Gasteiger partial charge in [0.25, 0.3) is 5.91 Å². The van der Waals surface area contributed by atoms with Crippen molar-refractivity contribution in [1.29, 1.82) is 0 Å². The second kappa shape index (κ2) is 12.1. The Morgan fingerprint density at radius 2 is 1.62 bits per heavy atom. The first-order valence-corrected chi connectivity index (χ1v) is 24.2. The molecule has 0 aliphatic carbocycles. The standard InChI is InChI=1S/C27H43N5O7Si3/c1-35-18-14-12-11-13-17(18)24(33)30-27-29-23-20(25(34)31-27)28-16-32(23)26-22(39-42(8,9)10)21(38-41(5,6)7)19(37-26)15-36-40(2,3)4/h11-14,16,19,21-22,26H,15H2,1-10H3,(H2,29,30,31,33,34)/t19-,21-,22+,26-/m1/s1. The Morgan fingerprint density at radius 3 is 2.24 bits per heavy atom. The molecule has 2 aromatic heterocycles. The smallest absolute Gasteiger partial charge is 0.261 e. The topological polar surface area (TPSA) is 139 Å². The lowest BCUT2D eigenvalue weighted by atomic mass is 10.1. The summed E-state index contributed by atoms with van der Waals surface area (Å²) in [4.78, 5) is 26.1. The van der Waals surface area contributed by atoms with Crippen LogP contribution in [0.5, 0.6) is 11.6 Å². The van der Waals surface area contributed by atoms with Gasteiger partial charge in [0.15, 0.2) is 42.3 Å². The number of hydrogen-bond acceptors (Lipinski definition) is 10. The van der Waals surface area contributed by atoms with Crippen molar-refractivity contribution in [2.75, 3.05) is 19.0 Å². The molecule has 1 aromatic carbocycles. The molecule has 42 heavy (non-hydrogen) atoms. The second-order valence-electron chi connectivity index (χ2n) is 13.2. The summed E-state index contributed by atoms with van der Waals surface area (Å²) in [7, 11) is -4.51. The van der Waals surface area contributed by atoms with Crippen molar-refractivity contribution in [2.24, 2.45) is 0 Å². The number of benzene rings is 1. The van der Waals surface area contributed by atoms with Gasteiger partial charge in [0.05, 0.1) is 25.6 Å². The van der Waals surface area contributed by atoms with Crippen molar-refractivity contribution in [3.05, 3.63) is 36.2 Å². The number of rotatable bonds is 11. The van der Waals surface area contributed by atoms with E-state index in [1.807, 2.05) is 0 Å². The number of nitrogens with one attached hydrogen (secondary N) is 1. The van der Waals surface area contributed by atoms with Gasteiger partial charge in [0.1, 0.15) is 24.1 Å². The number of aromatic nitrogens is 4. The largest absolute Gasteiger partial charge is 0.496 e. The summed E-state index contributed by atoms with van der Waals surface area (Å²) >= 11 is 0. The van der Waals surface area contributed by atoms with Gasteiger partial charge in [-0.25, -0.2) is 4.98 Å². The number of nitrogens with zero attached hydrogens (tertiary/aromatic N) is 4. The molecule has 0 bridgehead atoms. The fourth-order valence-corrected chi connectivity index (χ4v) is 7.46. The molecule has 1 amide bonds. The van der Waals surface area contributed by atoms with Crippen LogP contribution in [0.25, 0.3) is 11.2 Å². The van der Waals surface area contributed by atoms with Gasteiger partial charge >= 0.3 is 0 Å². The van der Waals surface area contributed by atoms with E-state index in [0.717, 1.165) is 0 Å². The molecule has 4 atom stereocenters. The first-order valence-electron chi connectivity index (χ1n) is 14.0. The zero-order valence-corrected chi connectivity index (χ0v) is 29.1. The molecule has 0 saturated carbocycles. The van der Waals surface area contributed by atoms with Crippen molar-refractivity contribution < 1.29 is 32.7 Å². The average Bonchev–Trinajstić information content (AvgIpc) is 3.42. The number of aromatic hydroxyl groups is 1. The quantitative estimate of drug-likeness (QED) is 0.278. The van der Waals surface area contributed by atoms with Crippen molar-refractivity contribution >= 4 is 48.0 Å². The molecule has 1 aliphatic heterocycles. The van der Waals surface area contributed by atoms with Crippen LogP contribution in [0.1, 0.15) is 16.6 Å². The van der Waals surface area contributed by atoms with Crippen LogP contribution in [0.3, 0.4) is 0 Å². The van der Waals surface area contributed by atoms with Crippen LogP contribution in [0.2, 0.25) is 58.9 Å². The molecule has 1 saturated heterocycles. The highest BCUT2D eigenvalue weighted by Crippen LogP contribution is 2.39. The van der Waals surface area contributed by atoms with Gasteiger partial charge in [-0.15, -0.1) is 0 Å². The summed E-state index contributed by atoms with van der Waals surface area (Å²) in [5, 5.41) is 13.4. The van der Waals surface area contributed by atoms with E-state index in [0.29, 0.717) is 17.9 Å². The lowest BCUT2D eigenvalue weighted by molar-refractivity contribution is -0.0456. The predicted octanol–water partition coefficient (Wildman–Crippen LogP) is 4.98. The van der Waals surface area contributed by atoms with E-state index < -0.39 is 49.3 Å². The van der Waals surface area contributed by atoms with E-state index in [9.17, 15) is 9.90 Å². The van der Waals surface area contributed by atoms with Gasteiger partial charge in [-0.1, -0.05) is 12.1 Å². The van der Waals surface area contributed by atoms with E-state index in [1.165, 1.54) is 7.11 Å². The van der Waals surface area contributed by atoms with Crippen LogP contribution in [0.4, 0.5) is 5.95 Å². The zero-order valence-electron chi connectivity index (χ0n) is 26.1. The van der Waals surface area contributed by atoms with Gasteiger partial charge < -0.3 is 27.9 Å². The highest BCUT2D eigenvalue weighted by Gasteiger charge is 2.50. The fourth-order valence-electron chi connectivity index (χ4n) is 4.63. The summed E-state index contributed by atoms with van der Waals surface area (Å²) in [5.41, 5.74) is 0.756. The number of imidazole rings is 1. The van der Waals surface area contributed by atoms with E-state index >= 15 is 0 Å². The van der Waals surface area contributed by atoms with Crippen molar-refractivity contribution in [3.63, 3.8) is 0 Å². The van der Waals surface area contributed by atoms with Crippen LogP contribution < -0.4 is 10.1 Å². The minimum Gasteiger partial charge on any atom is -0.496 e. The van der Waals surface area contributed by atoms with Crippen molar-refractivity contribution in [2.45, 2.75) is 83.5 Å². The predicted molar refractivity (Wildman–Crippen MR) is 168 cm³/mol. The molecule has 2 N–H and O–H groups in total. The Hall–Kier alpha value is -2.67. The molecular weight excluding hydrogens is 591 g/mol. The van der Waals surface area contributed by atoms with Crippen LogP contribution in [0.15, 0.2) is 30.6 Å². The van der Waals surface area contributed by atoms with Gasteiger partial charge in [0, 0.05) is 0 Å². The molecule has 0 unspecified atom stereocenters. The minimum absolute atomic E-state index is 0.0909. The Kier molecular flexibility index (Phi) is 9.32. The van der Waals surface area contributed by atoms with E-state index in [2.05, 4.69) is 79.2 Å². The summed E-state index contributed by atoms with van der Waals surface area (Å²) in [6.07, 6.45) is -0.399. The first kappa shape index (κ1) is 32.2. The van der Waals surface area contributed by atoms with Crippen LogP contribution >= 0.6 is 0 Å². The monoisotopic (exact) mass is 633 g/mol. The number of para-hydroxylation sites is 1. The fraction of sp³-hybridized carbons (Fsp3) is 0.556. The lowest BCUT2D eigenvalue weighted by Crippen LogP contribution is -2.48. The molecule has 1 aliphatic rings. The van der Waals surface area contributed by atoms with Gasteiger partial charge in [-0.3, -0.25) is 14.7 Å². The molecule has 230 valence electrons. The number of hydrogen-bond donors (Lipinski definition) is 2. The Balaban J connectivity index is 1.75. The molecule has 1 fully saturated rings. The third-order valence-corrected chi connectivity index (χ3v) is 9.19. The van der Waals surface area contributed by atoms with Crippen LogP contribution in [0, 0.1) is 0 Å². The zero-order chi connectivity index (χ0) is 31.0. The van der Waals surface area contributed by atoms with E-state index in [1.54, 1.807) is 35.2 Å². The van der Waals surface area contributed by atoms with Crippen molar-refractivity contribution in [1.82, 2.24) is 19.5 Å². The highest BCUT2D eigenvalue weighted by atomic mass is 28.4. The number of carbonyl (C=O) groups is 1. The SMILES string of the molecule is COc1ccccc1C(=O)Nc1nc(O)c2ncn([C@@H]3O[C@H](CO[Si](C)(C)C)[C@@H](O[Si](C)(C)C)[C@@H]3O[Si](C)(C)C)c2n1. The third-order valence-electron chi connectivity index (χ3n) is 6.20. The number of anilines is 1. The van der Waals surface area contributed by atoms with Crippen LogP contribution in [-0.4, -0.2) is 87.5 Å². The van der Waals surface area contributed by atoms with Crippen LogP contribution in [-0.2, 0) is 18.0 Å². The minimum atomic E-state index is -2.10. The van der Waals surface area contributed by atoms with E-state index in [4.69, 9.17) is 22.8 Å². The molecular formula is C27H43N5O7Si3. The maximum absolute atomic E-state index is 13.1. The Bertz CT molecular complexity index is 1420. The van der Waals surface area contributed by atoms with Gasteiger partial charge in [-0.2, -0.15) is 9.97 Å². The second-order valence-corrected chi connectivity index (χ2v) is 26.7. The average molecular weight is 634 g/mol. The first-order chi connectivity index (χ1) is 19.5. The summed E-state index contributed by atoms with van der Waals surface area (Å²) in [6.45, 7) is 19.5. The molecule has 12 nitrogen and oxygen atoms in total.